The molecule has 1 aliphatic heterocycles. The molecule has 2 rings (SSSR count). The molecule has 3 N–H and O–H groups in total. The van der Waals surface area contributed by atoms with Gasteiger partial charge in [0.2, 0.25) is 0 Å². The number of anilines is 1. The fourth-order valence-electron chi connectivity index (χ4n) is 2.41. The highest BCUT2D eigenvalue weighted by Gasteiger charge is 2.25. The fraction of sp³-hybridized carbons (Fsp3) is 0.571. The summed E-state index contributed by atoms with van der Waals surface area (Å²) in [7, 11) is 0. The predicted molar refractivity (Wildman–Crippen MR) is 80.3 cm³/mol. The van der Waals surface area contributed by atoms with E-state index < -0.39 is 0 Å². The van der Waals surface area contributed by atoms with Crippen LogP contribution in [0.3, 0.4) is 0 Å². The highest BCUT2D eigenvalue weighted by Crippen LogP contribution is 2.20. The molecule has 2 heterocycles. The Hall–Kier alpha value is -1.82. The Labute approximate surface area is 119 Å². The van der Waals surface area contributed by atoms with Gasteiger partial charge in [0.25, 0.3) is 0 Å². The van der Waals surface area contributed by atoms with Gasteiger partial charge in [0.05, 0.1) is 11.9 Å². The first-order valence-electron chi connectivity index (χ1n) is 6.86. The molecule has 0 atom stereocenters. The van der Waals surface area contributed by atoms with Crippen LogP contribution in [0, 0.1) is 0 Å². The maximum atomic E-state index is 8.62. The zero-order chi connectivity index (χ0) is 14.8. The normalized spacial score (nSPS) is 18.4. The zero-order valence-electron chi connectivity index (χ0n) is 12.4. The number of rotatable bonds is 2. The van der Waals surface area contributed by atoms with Crippen molar-refractivity contribution >= 4 is 11.5 Å². The molecular formula is C14H23N5O. The van der Waals surface area contributed by atoms with Gasteiger partial charge in [-0.2, -0.15) is 0 Å². The van der Waals surface area contributed by atoms with E-state index in [1.807, 2.05) is 6.07 Å². The van der Waals surface area contributed by atoms with Crippen molar-refractivity contribution in [2.75, 3.05) is 31.1 Å². The van der Waals surface area contributed by atoms with E-state index >= 15 is 0 Å². The highest BCUT2D eigenvalue weighted by molar-refractivity contribution is 5.95. The Morgan fingerprint density at radius 3 is 2.35 bits per heavy atom. The molecular weight excluding hydrogens is 254 g/mol. The molecule has 1 aromatic heterocycles. The first kappa shape index (κ1) is 14.6. The summed E-state index contributed by atoms with van der Waals surface area (Å²) in [5.41, 5.74) is 7.30. The van der Waals surface area contributed by atoms with Gasteiger partial charge in [-0.05, 0) is 32.9 Å². The number of oxime groups is 1. The number of nitrogens with two attached hydrogens (primary N) is 1. The molecule has 0 saturated carbocycles. The fourth-order valence-corrected chi connectivity index (χ4v) is 2.41. The average Bonchev–Trinajstić information content (AvgIpc) is 2.46. The van der Waals surface area contributed by atoms with Crippen molar-refractivity contribution in [3.63, 3.8) is 0 Å². The van der Waals surface area contributed by atoms with Crippen molar-refractivity contribution in [1.82, 2.24) is 9.88 Å². The minimum Gasteiger partial charge on any atom is -0.409 e. The van der Waals surface area contributed by atoms with Gasteiger partial charge in [-0.3, -0.25) is 9.88 Å². The third-order valence-corrected chi connectivity index (χ3v) is 3.71. The standard InChI is InChI=1S/C14H23N5O/c1-14(2,3)19-8-6-18(7-9-19)11-4-5-12(16-10-11)13(15)17-20/h4-5,10,20H,6-9H2,1-3H3,(H2,15,17). The Bertz CT molecular complexity index is 469. The molecule has 110 valence electrons. The van der Waals surface area contributed by atoms with E-state index in [4.69, 9.17) is 10.9 Å². The lowest BCUT2D eigenvalue weighted by molar-refractivity contribution is 0.128. The number of aromatic nitrogens is 1. The van der Waals surface area contributed by atoms with Crippen molar-refractivity contribution in [3.05, 3.63) is 24.0 Å². The quantitative estimate of drug-likeness (QED) is 0.366. The molecule has 0 bridgehead atoms. The van der Waals surface area contributed by atoms with Crippen LogP contribution in [0.2, 0.25) is 0 Å². The SMILES string of the molecule is CC(C)(C)N1CCN(c2ccc(/C(N)=N/O)nc2)CC1. The molecule has 0 unspecified atom stereocenters. The maximum absolute atomic E-state index is 8.62. The van der Waals surface area contributed by atoms with Crippen LogP contribution in [0.4, 0.5) is 5.69 Å². The molecule has 1 saturated heterocycles. The van der Waals surface area contributed by atoms with Crippen LogP contribution in [-0.4, -0.2) is 52.6 Å². The molecule has 0 amide bonds. The molecule has 6 heteroatoms. The van der Waals surface area contributed by atoms with Gasteiger partial charge in [-0.15, -0.1) is 0 Å². The summed E-state index contributed by atoms with van der Waals surface area (Å²) in [6, 6.07) is 3.74. The van der Waals surface area contributed by atoms with Gasteiger partial charge >= 0.3 is 0 Å². The number of piperazine rings is 1. The summed E-state index contributed by atoms with van der Waals surface area (Å²) in [4.78, 5) is 9.02. The minimum absolute atomic E-state index is 0.0362. The predicted octanol–water partition coefficient (Wildman–Crippen LogP) is 1.10. The third-order valence-electron chi connectivity index (χ3n) is 3.71. The first-order chi connectivity index (χ1) is 9.41. The summed E-state index contributed by atoms with van der Waals surface area (Å²) in [5, 5.41) is 11.6. The molecule has 1 fully saturated rings. The van der Waals surface area contributed by atoms with E-state index in [1.54, 1.807) is 12.3 Å². The van der Waals surface area contributed by atoms with E-state index in [2.05, 4.69) is 40.7 Å². The minimum atomic E-state index is 0.0362. The maximum Gasteiger partial charge on any atom is 0.188 e. The summed E-state index contributed by atoms with van der Waals surface area (Å²) < 4.78 is 0. The largest absolute Gasteiger partial charge is 0.409 e. The lowest BCUT2D eigenvalue weighted by atomic mass is 10.0. The van der Waals surface area contributed by atoms with Crippen LogP contribution in [0.15, 0.2) is 23.5 Å². The van der Waals surface area contributed by atoms with E-state index in [9.17, 15) is 0 Å². The topological polar surface area (TPSA) is 78.0 Å². The van der Waals surface area contributed by atoms with Crippen LogP contribution in [-0.2, 0) is 0 Å². The van der Waals surface area contributed by atoms with Crippen LogP contribution in [0.1, 0.15) is 26.5 Å². The zero-order valence-corrected chi connectivity index (χ0v) is 12.4. The smallest absolute Gasteiger partial charge is 0.188 e. The third kappa shape index (κ3) is 3.19. The van der Waals surface area contributed by atoms with Gasteiger partial charge in [-0.25, -0.2) is 0 Å². The van der Waals surface area contributed by atoms with Gasteiger partial charge in [0.1, 0.15) is 5.69 Å². The number of amidine groups is 1. The van der Waals surface area contributed by atoms with E-state index in [1.165, 1.54) is 0 Å². The van der Waals surface area contributed by atoms with Crippen molar-refractivity contribution in [2.45, 2.75) is 26.3 Å². The van der Waals surface area contributed by atoms with Gasteiger partial charge in [0.15, 0.2) is 5.84 Å². The second-order valence-corrected chi connectivity index (χ2v) is 6.03. The molecule has 1 aromatic rings. The van der Waals surface area contributed by atoms with E-state index in [0.717, 1.165) is 31.9 Å². The summed E-state index contributed by atoms with van der Waals surface area (Å²) in [6.45, 7) is 10.8. The average molecular weight is 277 g/mol. The Morgan fingerprint density at radius 2 is 1.90 bits per heavy atom. The van der Waals surface area contributed by atoms with E-state index in [0.29, 0.717) is 5.69 Å². The van der Waals surface area contributed by atoms with Gasteiger partial charge < -0.3 is 15.8 Å². The lowest BCUT2D eigenvalue weighted by Gasteiger charge is -2.42. The molecule has 0 aliphatic carbocycles. The Morgan fingerprint density at radius 1 is 1.25 bits per heavy atom. The lowest BCUT2D eigenvalue weighted by Crippen LogP contribution is -2.53. The molecule has 0 spiro atoms. The monoisotopic (exact) mass is 277 g/mol. The van der Waals surface area contributed by atoms with Crippen LogP contribution in [0.25, 0.3) is 0 Å². The molecule has 0 radical (unpaired) electrons. The molecule has 0 aromatic carbocycles. The van der Waals surface area contributed by atoms with Gasteiger partial charge in [-0.1, -0.05) is 5.16 Å². The summed E-state index contributed by atoms with van der Waals surface area (Å²) in [6.07, 6.45) is 1.78. The van der Waals surface area contributed by atoms with E-state index in [-0.39, 0.29) is 11.4 Å². The number of hydrogen-bond donors (Lipinski definition) is 2. The molecule has 20 heavy (non-hydrogen) atoms. The summed E-state index contributed by atoms with van der Waals surface area (Å²) in [5.74, 6) is 0.0362. The number of pyridine rings is 1. The van der Waals surface area contributed by atoms with Crippen LogP contribution < -0.4 is 10.6 Å². The number of hydrogen-bond acceptors (Lipinski definition) is 5. The highest BCUT2D eigenvalue weighted by atomic mass is 16.4. The second kappa shape index (κ2) is 5.66. The Balaban J connectivity index is 2.01. The molecule has 1 aliphatic rings. The van der Waals surface area contributed by atoms with Crippen LogP contribution in [0.5, 0.6) is 0 Å². The number of nitrogens with zero attached hydrogens (tertiary/aromatic N) is 4. The second-order valence-electron chi connectivity index (χ2n) is 6.03. The first-order valence-corrected chi connectivity index (χ1v) is 6.86. The Kier molecular flexibility index (Phi) is 4.13. The van der Waals surface area contributed by atoms with Gasteiger partial charge in [0, 0.05) is 31.7 Å². The van der Waals surface area contributed by atoms with Crippen molar-refractivity contribution < 1.29 is 5.21 Å². The van der Waals surface area contributed by atoms with Crippen molar-refractivity contribution in [3.8, 4) is 0 Å². The summed E-state index contributed by atoms with van der Waals surface area (Å²) >= 11 is 0. The van der Waals surface area contributed by atoms with Crippen molar-refractivity contribution in [2.24, 2.45) is 10.9 Å². The van der Waals surface area contributed by atoms with Crippen LogP contribution >= 0.6 is 0 Å². The molecule has 6 nitrogen and oxygen atoms in total. The van der Waals surface area contributed by atoms with Crippen molar-refractivity contribution in [1.29, 1.82) is 0 Å².